The molecular weight excluding hydrogens is 286 g/mol. The van der Waals surface area contributed by atoms with E-state index in [9.17, 15) is 4.79 Å². The lowest BCUT2D eigenvalue weighted by Crippen LogP contribution is -2.67. The highest BCUT2D eigenvalue weighted by atomic mass is 16.5. The van der Waals surface area contributed by atoms with E-state index in [1.54, 1.807) is 0 Å². The minimum Gasteiger partial charge on any atom is -0.377 e. The summed E-state index contributed by atoms with van der Waals surface area (Å²) in [6.07, 6.45) is 10.7. The fourth-order valence-electron chi connectivity index (χ4n) is 6.61. The molecule has 130 valence electrons. The number of rotatable bonds is 2. The topological polar surface area (TPSA) is 29.5 Å². The second-order valence-corrected chi connectivity index (χ2v) is 9.27. The van der Waals surface area contributed by atoms with E-state index >= 15 is 0 Å². The fourth-order valence-corrected chi connectivity index (χ4v) is 6.61. The number of fused-ring (bicyclic) bond motifs is 2. The first-order chi connectivity index (χ1) is 11.0. The molecule has 0 bridgehead atoms. The third-order valence-corrected chi connectivity index (χ3v) is 7.69. The van der Waals surface area contributed by atoms with Gasteiger partial charge in [-0.15, -0.1) is 0 Å². The van der Waals surface area contributed by atoms with Crippen molar-refractivity contribution >= 4 is 5.91 Å². The van der Waals surface area contributed by atoms with E-state index in [1.807, 2.05) is 0 Å². The fraction of sp³-hybridized carbons (Fsp3) is 0.950. The minimum absolute atomic E-state index is 0.119. The molecule has 23 heavy (non-hydrogen) atoms. The van der Waals surface area contributed by atoms with Crippen LogP contribution in [0.4, 0.5) is 0 Å². The average Bonchev–Trinajstić information content (AvgIpc) is 3.00. The van der Waals surface area contributed by atoms with Crippen LogP contribution in [0.2, 0.25) is 0 Å². The molecule has 1 amide bonds. The lowest BCUT2D eigenvalue weighted by atomic mass is 9.56. The third kappa shape index (κ3) is 2.45. The van der Waals surface area contributed by atoms with E-state index < -0.39 is 0 Å². The Hall–Kier alpha value is -0.570. The molecular formula is C20H33NO2. The van der Waals surface area contributed by atoms with Gasteiger partial charge in [-0.2, -0.15) is 0 Å². The van der Waals surface area contributed by atoms with Gasteiger partial charge in [-0.25, -0.2) is 0 Å². The molecule has 3 saturated carbocycles. The number of carbonyl (C=O) groups is 1. The molecule has 3 aliphatic carbocycles. The lowest BCUT2D eigenvalue weighted by Gasteiger charge is -2.58. The maximum absolute atomic E-state index is 13.2. The Morgan fingerprint density at radius 2 is 1.78 bits per heavy atom. The summed E-state index contributed by atoms with van der Waals surface area (Å²) in [7, 11) is 2.07. The maximum atomic E-state index is 13.2. The zero-order chi connectivity index (χ0) is 16.2. The van der Waals surface area contributed by atoms with Crippen LogP contribution < -0.4 is 0 Å². The smallest absolute Gasteiger partial charge is 0.225 e. The average molecular weight is 319 g/mol. The second kappa shape index (κ2) is 5.75. The van der Waals surface area contributed by atoms with Crippen LogP contribution in [0.5, 0.6) is 0 Å². The number of ether oxygens (including phenoxy) is 1. The molecule has 4 fully saturated rings. The minimum atomic E-state index is 0.119. The zero-order valence-electron chi connectivity index (χ0n) is 15.1. The lowest BCUT2D eigenvalue weighted by molar-refractivity contribution is -0.171. The molecule has 0 aromatic heterocycles. The summed E-state index contributed by atoms with van der Waals surface area (Å²) in [4.78, 5) is 15.3. The molecule has 0 aromatic carbocycles. The highest BCUT2D eigenvalue weighted by Crippen LogP contribution is 2.54. The van der Waals surface area contributed by atoms with Crippen LogP contribution in [0, 0.1) is 29.1 Å². The highest BCUT2D eigenvalue weighted by molar-refractivity contribution is 5.79. The van der Waals surface area contributed by atoms with E-state index in [1.165, 1.54) is 32.1 Å². The first-order valence-electron chi connectivity index (χ1n) is 9.88. The van der Waals surface area contributed by atoms with Gasteiger partial charge in [0.15, 0.2) is 0 Å². The first kappa shape index (κ1) is 15.9. The van der Waals surface area contributed by atoms with Crippen LogP contribution in [-0.2, 0) is 9.53 Å². The summed E-state index contributed by atoms with van der Waals surface area (Å²) < 4.78 is 5.91. The van der Waals surface area contributed by atoms with E-state index in [4.69, 9.17) is 4.74 Å². The van der Waals surface area contributed by atoms with Gasteiger partial charge in [0.1, 0.15) is 0 Å². The largest absolute Gasteiger partial charge is 0.377 e. The molecule has 0 N–H and O–H groups in total. The number of amides is 1. The van der Waals surface area contributed by atoms with Gasteiger partial charge in [-0.1, -0.05) is 39.5 Å². The summed E-state index contributed by atoms with van der Waals surface area (Å²) in [6, 6.07) is 0.381. The van der Waals surface area contributed by atoms with Crippen molar-refractivity contribution in [1.29, 1.82) is 0 Å². The van der Waals surface area contributed by atoms with E-state index in [0.29, 0.717) is 24.0 Å². The van der Waals surface area contributed by atoms with Crippen LogP contribution in [0.3, 0.4) is 0 Å². The highest BCUT2D eigenvalue weighted by Gasteiger charge is 2.61. The Balaban J connectivity index is 1.42. The van der Waals surface area contributed by atoms with Crippen molar-refractivity contribution < 1.29 is 9.53 Å². The van der Waals surface area contributed by atoms with Gasteiger partial charge in [-0.3, -0.25) is 4.79 Å². The molecule has 1 saturated heterocycles. The van der Waals surface area contributed by atoms with Gasteiger partial charge in [0.25, 0.3) is 0 Å². The van der Waals surface area contributed by atoms with Crippen molar-refractivity contribution in [3.05, 3.63) is 0 Å². The van der Waals surface area contributed by atoms with E-state index in [0.717, 1.165) is 37.7 Å². The van der Waals surface area contributed by atoms with Gasteiger partial charge < -0.3 is 9.64 Å². The predicted octanol–water partition coefficient (Wildman–Crippen LogP) is 3.86. The van der Waals surface area contributed by atoms with Gasteiger partial charge >= 0.3 is 0 Å². The standard InChI is InChI=1S/C20H33NO2/c1-20(2)17(16-10-11-23-18(16)20)21(3)19(22)15-9-8-13-6-4-5-7-14(13)12-15/h13-18H,4-12H2,1-3H3/t13-,14+,15+,16-,17+,18-/m0/s1. The SMILES string of the molecule is CN(C(=O)[C@@H]1CC[C@@H]2CCCC[C@@H]2C1)[C@@H]1[C@@H]2CCO[C@@H]2C1(C)C. The monoisotopic (exact) mass is 319 g/mol. The summed E-state index contributed by atoms with van der Waals surface area (Å²) in [5.74, 6) is 3.04. The summed E-state index contributed by atoms with van der Waals surface area (Å²) in [6.45, 7) is 5.45. The first-order valence-corrected chi connectivity index (χ1v) is 9.88. The Bertz CT molecular complexity index is 474. The maximum Gasteiger partial charge on any atom is 0.225 e. The van der Waals surface area contributed by atoms with E-state index in [2.05, 4.69) is 25.8 Å². The molecule has 3 nitrogen and oxygen atoms in total. The van der Waals surface area contributed by atoms with Crippen LogP contribution in [0.15, 0.2) is 0 Å². The van der Waals surface area contributed by atoms with Crippen molar-refractivity contribution in [3.8, 4) is 0 Å². The molecule has 0 unspecified atom stereocenters. The van der Waals surface area contributed by atoms with Gasteiger partial charge in [-0.05, 0) is 37.5 Å². The van der Waals surface area contributed by atoms with Gasteiger partial charge in [0, 0.05) is 36.9 Å². The van der Waals surface area contributed by atoms with Crippen LogP contribution in [0.25, 0.3) is 0 Å². The number of hydrogen-bond donors (Lipinski definition) is 0. The van der Waals surface area contributed by atoms with Crippen LogP contribution in [-0.4, -0.2) is 36.6 Å². The molecule has 4 rings (SSSR count). The molecule has 1 aliphatic heterocycles. The van der Waals surface area contributed by atoms with Crippen molar-refractivity contribution in [2.24, 2.45) is 29.1 Å². The number of hydrogen-bond acceptors (Lipinski definition) is 2. The predicted molar refractivity (Wildman–Crippen MR) is 91.0 cm³/mol. The number of carbonyl (C=O) groups excluding carboxylic acids is 1. The van der Waals surface area contributed by atoms with Gasteiger partial charge in [0.05, 0.1) is 6.10 Å². The Labute approximate surface area is 141 Å². The molecule has 0 spiro atoms. The van der Waals surface area contributed by atoms with Crippen molar-refractivity contribution in [3.63, 3.8) is 0 Å². The third-order valence-electron chi connectivity index (χ3n) is 7.69. The van der Waals surface area contributed by atoms with E-state index in [-0.39, 0.29) is 11.3 Å². The molecule has 3 heteroatoms. The quantitative estimate of drug-likeness (QED) is 0.773. The molecule has 0 aromatic rings. The van der Waals surface area contributed by atoms with Crippen molar-refractivity contribution in [1.82, 2.24) is 4.90 Å². The summed E-state index contributed by atoms with van der Waals surface area (Å²) in [5.41, 5.74) is 0.119. The normalized spacial score (nSPS) is 44.8. The van der Waals surface area contributed by atoms with Crippen LogP contribution in [0.1, 0.15) is 65.2 Å². The summed E-state index contributed by atoms with van der Waals surface area (Å²) >= 11 is 0. The second-order valence-electron chi connectivity index (χ2n) is 9.27. The Morgan fingerprint density at radius 1 is 1.04 bits per heavy atom. The number of nitrogens with zero attached hydrogens (tertiary/aromatic N) is 1. The molecule has 4 aliphatic rings. The van der Waals surface area contributed by atoms with Crippen molar-refractivity contribution in [2.75, 3.05) is 13.7 Å². The Kier molecular flexibility index (Phi) is 3.98. The Morgan fingerprint density at radius 3 is 2.57 bits per heavy atom. The molecule has 0 radical (unpaired) electrons. The summed E-state index contributed by atoms with van der Waals surface area (Å²) in [5, 5.41) is 0. The van der Waals surface area contributed by atoms with Crippen molar-refractivity contribution in [2.45, 2.75) is 77.4 Å². The molecule has 1 heterocycles. The molecule has 6 atom stereocenters. The van der Waals surface area contributed by atoms with Crippen LogP contribution >= 0.6 is 0 Å². The van der Waals surface area contributed by atoms with Gasteiger partial charge in [0.2, 0.25) is 5.91 Å². The zero-order valence-corrected chi connectivity index (χ0v) is 15.1.